The van der Waals surface area contributed by atoms with Crippen LogP contribution in [0, 0.1) is 6.92 Å². The molecule has 0 aliphatic carbocycles. The molecule has 0 bridgehead atoms. The number of hydrogen-bond donors (Lipinski definition) is 0. The van der Waals surface area contributed by atoms with Crippen molar-refractivity contribution in [3.63, 3.8) is 0 Å². The highest BCUT2D eigenvalue weighted by Crippen LogP contribution is 2.14. The molecule has 0 N–H and O–H groups in total. The number of ether oxygens (including phenoxy) is 1. The van der Waals surface area contributed by atoms with Gasteiger partial charge >= 0.3 is 0 Å². The maximum absolute atomic E-state index is 5.65. The van der Waals surface area contributed by atoms with Crippen LogP contribution in [0.15, 0.2) is 34.2 Å². The molecular weight excluding hydrogens is 298 g/mol. The van der Waals surface area contributed by atoms with Gasteiger partial charge in [0.05, 0.1) is 24.4 Å². The Bertz CT molecular complexity index is 467. The molecule has 0 radical (unpaired) electrons. The summed E-state index contributed by atoms with van der Waals surface area (Å²) in [5.41, 5.74) is 4.22. The second-order valence-electron chi connectivity index (χ2n) is 3.79. The van der Waals surface area contributed by atoms with Crippen LogP contribution < -0.4 is 0 Å². The lowest BCUT2D eigenvalue weighted by Gasteiger charge is -2.04. The molecular formula is C13H14BrNOS. The summed E-state index contributed by atoms with van der Waals surface area (Å²) in [4.78, 5) is 5.54. The van der Waals surface area contributed by atoms with Gasteiger partial charge in [-0.2, -0.15) is 0 Å². The van der Waals surface area contributed by atoms with Crippen LogP contribution in [0.1, 0.15) is 16.1 Å². The van der Waals surface area contributed by atoms with E-state index in [1.807, 2.05) is 24.6 Å². The lowest BCUT2D eigenvalue weighted by Crippen LogP contribution is -1.98. The molecule has 0 amide bonds. The van der Waals surface area contributed by atoms with Crippen molar-refractivity contribution in [2.45, 2.75) is 20.0 Å². The van der Waals surface area contributed by atoms with Gasteiger partial charge in [0, 0.05) is 15.8 Å². The zero-order chi connectivity index (χ0) is 12.1. The average molecular weight is 312 g/mol. The fraction of sp³-hybridized carbons (Fsp3) is 0.308. The molecule has 1 heterocycles. The number of rotatable bonds is 5. The zero-order valence-corrected chi connectivity index (χ0v) is 12.1. The molecule has 2 aromatic rings. The molecule has 0 aliphatic rings. The molecule has 90 valence electrons. The third-order valence-corrected chi connectivity index (χ3v) is 4.02. The predicted octanol–water partition coefficient (Wildman–Crippen LogP) is 3.97. The minimum atomic E-state index is 0.672. The Morgan fingerprint density at radius 2 is 2.06 bits per heavy atom. The van der Waals surface area contributed by atoms with Crippen LogP contribution in [0.4, 0.5) is 0 Å². The normalized spacial score (nSPS) is 10.7. The van der Waals surface area contributed by atoms with Crippen molar-refractivity contribution in [3.8, 4) is 0 Å². The summed E-state index contributed by atoms with van der Waals surface area (Å²) in [6, 6.07) is 8.21. The van der Waals surface area contributed by atoms with E-state index in [4.69, 9.17) is 4.74 Å². The molecule has 0 saturated heterocycles. The van der Waals surface area contributed by atoms with Gasteiger partial charge in [-0.25, -0.2) is 4.98 Å². The topological polar surface area (TPSA) is 22.1 Å². The quantitative estimate of drug-likeness (QED) is 0.779. The minimum Gasteiger partial charge on any atom is -0.376 e. The van der Waals surface area contributed by atoms with Gasteiger partial charge in [-0.05, 0) is 24.6 Å². The Morgan fingerprint density at radius 3 is 2.71 bits per heavy atom. The molecule has 0 aliphatic heterocycles. The van der Waals surface area contributed by atoms with E-state index >= 15 is 0 Å². The molecule has 2 nitrogen and oxygen atoms in total. The largest absolute Gasteiger partial charge is 0.376 e. The number of thiazole rings is 1. The van der Waals surface area contributed by atoms with E-state index < -0.39 is 0 Å². The maximum Gasteiger partial charge on any atom is 0.0797 e. The number of aromatic nitrogens is 1. The Balaban J connectivity index is 1.73. The van der Waals surface area contributed by atoms with E-state index in [9.17, 15) is 0 Å². The van der Waals surface area contributed by atoms with E-state index in [-0.39, 0.29) is 0 Å². The standard InChI is InChI=1S/C13H14BrNOS/c1-10-13(17-9-15-10)6-7-16-8-11-2-4-12(14)5-3-11/h2-5,9H,6-8H2,1H3. The van der Waals surface area contributed by atoms with Gasteiger partial charge in [0.1, 0.15) is 0 Å². The van der Waals surface area contributed by atoms with Crippen molar-refractivity contribution in [2.24, 2.45) is 0 Å². The molecule has 1 aromatic carbocycles. The highest BCUT2D eigenvalue weighted by Gasteiger charge is 2.01. The van der Waals surface area contributed by atoms with Crippen LogP contribution in [-0.2, 0) is 17.8 Å². The second kappa shape index (κ2) is 6.28. The maximum atomic E-state index is 5.65. The fourth-order valence-corrected chi connectivity index (χ4v) is 2.53. The van der Waals surface area contributed by atoms with Crippen LogP contribution >= 0.6 is 27.3 Å². The van der Waals surface area contributed by atoms with Crippen molar-refractivity contribution in [1.29, 1.82) is 0 Å². The van der Waals surface area contributed by atoms with Crippen LogP contribution in [-0.4, -0.2) is 11.6 Å². The fourth-order valence-electron chi connectivity index (χ4n) is 1.50. The van der Waals surface area contributed by atoms with Crippen LogP contribution in [0.2, 0.25) is 0 Å². The van der Waals surface area contributed by atoms with Gasteiger partial charge in [0.25, 0.3) is 0 Å². The zero-order valence-electron chi connectivity index (χ0n) is 9.65. The van der Waals surface area contributed by atoms with E-state index in [1.165, 1.54) is 10.4 Å². The molecule has 4 heteroatoms. The number of nitrogens with zero attached hydrogens (tertiary/aromatic N) is 1. The average Bonchev–Trinajstić information content (AvgIpc) is 2.73. The Labute approximate surface area is 114 Å². The van der Waals surface area contributed by atoms with Crippen LogP contribution in [0.3, 0.4) is 0 Å². The van der Waals surface area contributed by atoms with E-state index in [1.54, 1.807) is 11.3 Å². The molecule has 1 aromatic heterocycles. The molecule has 0 fully saturated rings. The summed E-state index contributed by atoms with van der Waals surface area (Å²) in [7, 11) is 0. The Kier molecular flexibility index (Phi) is 4.71. The van der Waals surface area contributed by atoms with Crippen molar-refractivity contribution in [3.05, 3.63) is 50.4 Å². The second-order valence-corrected chi connectivity index (χ2v) is 5.64. The lowest BCUT2D eigenvalue weighted by molar-refractivity contribution is 0.124. The van der Waals surface area contributed by atoms with E-state index in [0.29, 0.717) is 6.61 Å². The van der Waals surface area contributed by atoms with Crippen molar-refractivity contribution < 1.29 is 4.74 Å². The van der Waals surface area contributed by atoms with Gasteiger partial charge in [0.2, 0.25) is 0 Å². The summed E-state index contributed by atoms with van der Waals surface area (Å²) in [6.07, 6.45) is 0.951. The lowest BCUT2D eigenvalue weighted by atomic mass is 10.2. The summed E-state index contributed by atoms with van der Waals surface area (Å²) in [5.74, 6) is 0. The first kappa shape index (κ1) is 12.7. The van der Waals surface area contributed by atoms with Gasteiger partial charge in [-0.1, -0.05) is 28.1 Å². The first-order chi connectivity index (χ1) is 8.25. The van der Waals surface area contributed by atoms with Gasteiger partial charge in [-0.15, -0.1) is 11.3 Å². The molecule has 2 rings (SSSR count). The third-order valence-electron chi connectivity index (χ3n) is 2.50. The molecule has 0 spiro atoms. The highest BCUT2D eigenvalue weighted by molar-refractivity contribution is 9.10. The Morgan fingerprint density at radius 1 is 1.29 bits per heavy atom. The van der Waals surface area contributed by atoms with Gasteiger partial charge in [0.15, 0.2) is 0 Å². The van der Waals surface area contributed by atoms with E-state index in [0.717, 1.165) is 23.2 Å². The third kappa shape index (κ3) is 3.91. The van der Waals surface area contributed by atoms with Crippen molar-refractivity contribution >= 4 is 27.3 Å². The van der Waals surface area contributed by atoms with Crippen molar-refractivity contribution in [2.75, 3.05) is 6.61 Å². The first-order valence-corrected chi connectivity index (χ1v) is 7.14. The summed E-state index contributed by atoms with van der Waals surface area (Å²) in [6.45, 7) is 3.46. The van der Waals surface area contributed by atoms with Gasteiger partial charge in [-0.3, -0.25) is 0 Å². The summed E-state index contributed by atoms with van der Waals surface area (Å²) >= 11 is 5.12. The highest BCUT2D eigenvalue weighted by atomic mass is 79.9. The number of halogens is 1. The first-order valence-electron chi connectivity index (χ1n) is 5.47. The number of hydrogen-bond acceptors (Lipinski definition) is 3. The van der Waals surface area contributed by atoms with E-state index in [2.05, 4.69) is 33.0 Å². The smallest absolute Gasteiger partial charge is 0.0797 e. The Hall–Kier alpha value is -0.710. The molecule has 0 unspecified atom stereocenters. The number of aryl methyl sites for hydroxylation is 1. The SMILES string of the molecule is Cc1ncsc1CCOCc1ccc(Br)cc1. The summed E-state index contributed by atoms with van der Waals surface area (Å²) in [5, 5.41) is 0. The van der Waals surface area contributed by atoms with Crippen LogP contribution in [0.25, 0.3) is 0 Å². The predicted molar refractivity (Wildman–Crippen MR) is 74.4 cm³/mol. The monoisotopic (exact) mass is 311 g/mol. The van der Waals surface area contributed by atoms with Crippen molar-refractivity contribution in [1.82, 2.24) is 4.98 Å². The molecule has 17 heavy (non-hydrogen) atoms. The number of benzene rings is 1. The minimum absolute atomic E-state index is 0.672. The van der Waals surface area contributed by atoms with Crippen LogP contribution in [0.5, 0.6) is 0 Å². The van der Waals surface area contributed by atoms with Gasteiger partial charge < -0.3 is 4.74 Å². The summed E-state index contributed by atoms with van der Waals surface area (Å²) < 4.78 is 6.75. The molecule has 0 saturated carbocycles. The molecule has 0 atom stereocenters.